The normalized spacial score (nSPS) is 32.4. The molecule has 1 aromatic rings. The molecule has 0 bridgehead atoms. The minimum Gasteiger partial charge on any atom is -0.340 e. The van der Waals surface area contributed by atoms with Crippen LogP contribution in [0.15, 0.2) is 30.3 Å². The van der Waals surface area contributed by atoms with Crippen molar-refractivity contribution in [1.29, 1.82) is 0 Å². The monoisotopic (exact) mass is 273 g/mol. The van der Waals surface area contributed by atoms with Crippen LogP contribution >= 0.6 is 0 Å². The summed E-state index contributed by atoms with van der Waals surface area (Å²) in [7, 11) is 0. The third-order valence-electron chi connectivity index (χ3n) is 4.66. The molecule has 1 amide bonds. The van der Waals surface area contributed by atoms with Gasteiger partial charge in [-0.3, -0.25) is 4.79 Å². The van der Waals surface area contributed by atoms with Crippen LogP contribution in [0.5, 0.6) is 0 Å². The van der Waals surface area contributed by atoms with E-state index < -0.39 is 0 Å². The first-order valence-corrected chi connectivity index (χ1v) is 7.42. The molecule has 4 nitrogen and oxygen atoms in total. The molecule has 1 saturated heterocycles. The largest absolute Gasteiger partial charge is 0.340 e. The molecule has 20 heavy (non-hydrogen) atoms. The van der Waals surface area contributed by atoms with E-state index in [1.54, 1.807) is 0 Å². The second kappa shape index (κ2) is 5.19. The Bertz CT molecular complexity index is 490. The zero-order chi connectivity index (χ0) is 14.2. The van der Waals surface area contributed by atoms with Crippen molar-refractivity contribution in [2.45, 2.75) is 37.3 Å². The van der Waals surface area contributed by atoms with Gasteiger partial charge in [0.2, 0.25) is 5.91 Å². The van der Waals surface area contributed by atoms with Crippen molar-refractivity contribution in [2.75, 3.05) is 19.6 Å². The van der Waals surface area contributed by atoms with E-state index in [9.17, 15) is 4.79 Å². The van der Waals surface area contributed by atoms with Gasteiger partial charge in [0.25, 0.3) is 0 Å². The highest BCUT2D eigenvalue weighted by molar-refractivity contribution is 5.78. The highest BCUT2D eigenvalue weighted by Crippen LogP contribution is 2.50. The number of rotatable bonds is 4. The minimum absolute atomic E-state index is 0.0683. The molecule has 3 N–H and O–H groups in total. The van der Waals surface area contributed by atoms with Crippen LogP contribution in [0.4, 0.5) is 0 Å². The van der Waals surface area contributed by atoms with Crippen molar-refractivity contribution in [3.05, 3.63) is 35.9 Å². The first kappa shape index (κ1) is 13.6. The number of nitrogens with two attached hydrogens (primary N) is 1. The van der Waals surface area contributed by atoms with Gasteiger partial charge in [0.15, 0.2) is 0 Å². The van der Waals surface area contributed by atoms with Crippen LogP contribution in [0.3, 0.4) is 0 Å². The van der Waals surface area contributed by atoms with Crippen molar-refractivity contribution in [2.24, 2.45) is 5.73 Å². The van der Waals surface area contributed by atoms with Gasteiger partial charge in [0, 0.05) is 30.6 Å². The fraction of sp³-hybridized carbons (Fsp3) is 0.562. The second-order valence-corrected chi connectivity index (χ2v) is 6.33. The van der Waals surface area contributed by atoms with Crippen molar-refractivity contribution in [3.8, 4) is 0 Å². The van der Waals surface area contributed by atoms with E-state index in [0.29, 0.717) is 19.0 Å². The highest BCUT2D eigenvalue weighted by Gasteiger charge is 2.50. The Morgan fingerprint density at radius 1 is 1.45 bits per heavy atom. The molecule has 1 heterocycles. The summed E-state index contributed by atoms with van der Waals surface area (Å²) >= 11 is 0. The van der Waals surface area contributed by atoms with Gasteiger partial charge in [-0.05, 0) is 25.3 Å². The molecule has 0 aromatic heterocycles. The van der Waals surface area contributed by atoms with Crippen molar-refractivity contribution in [1.82, 2.24) is 10.2 Å². The standard InChI is InChI=1S/C16H23N3O/c1-16(9-14(16)12-5-3-2-4-6-12)18-10-15(20)19-8-7-13(17)11-19/h2-6,13-14,18H,7-11,17H2,1H3/t13-,14+,16-/m0/s1. The number of benzene rings is 1. The number of carbonyl (C=O) groups excluding carboxylic acids is 1. The molecule has 1 aromatic carbocycles. The first-order chi connectivity index (χ1) is 9.58. The third-order valence-corrected chi connectivity index (χ3v) is 4.66. The van der Waals surface area contributed by atoms with E-state index in [1.165, 1.54) is 5.56 Å². The summed E-state index contributed by atoms with van der Waals surface area (Å²) in [5.41, 5.74) is 7.27. The Morgan fingerprint density at radius 2 is 2.20 bits per heavy atom. The quantitative estimate of drug-likeness (QED) is 0.863. The van der Waals surface area contributed by atoms with E-state index in [0.717, 1.165) is 19.4 Å². The Labute approximate surface area is 120 Å². The van der Waals surface area contributed by atoms with Gasteiger partial charge in [-0.1, -0.05) is 30.3 Å². The third kappa shape index (κ3) is 2.72. The molecule has 0 unspecified atom stereocenters. The molecular weight excluding hydrogens is 250 g/mol. The molecule has 0 radical (unpaired) electrons. The topological polar surface area (TPSA) is 58.4 Å². The molecule has 3 atom stereocenters. The fourth-order valence-corrected chi connectivity index (χ4v) is 3.13. The molecule has 1 aliphatic carbocycles. The van der Waals surface area contributed by atoms with E-state index in [4.69, 9.17) is 5.73 Å². The first-order valence-electron chi connectivity index (χ1n) is 7.42. The van der Waals surface area contributed by atoms with Crippen LogP contribution in [0.25, 0.3) is 0 Å². The van der Waals surface area contributed by atoms with Gasteiger partial charge in [0.1, 0.15) is 0 Å². The predicted molar refractivity (Wildman–Crippen MR) is 79.4 cm³/mol. The minimum atomic E-state index is 0.0683. The number of nitrogens with zero attached hydrogens (tertiary/aromatic N) is 1. The lowest BCUT2D eigenvalue weighted by Crippen LogP contribution is -2.42. The van der Waals surface area contributed by atoms with Crippen LogP contribution in [0, 0.1) is 0 Å². The lowest BCUT2D eigenvalue weighted by Gasteiger charge is -2.19. The number of hydrogen-bond acceptors (Lipinski definition) is 3. The number of nitrogens with one attached hydrogen (secondary N) is 1. The average Bonchev–Trinajstić information content (AvgIpc) is 2.94. The maximum absolute atomic E-state index is 12.1. The Hall–Kier alpha value is -1.39. The van der Waals surface area contributed by atoms with Crippen LogP contribution < -0.4 is 11.1 Å². The smallest absolute Gasteiger partial charge is 0.236 e. The van der Waals surface area contributed by atoms with Gasteiger partial charge >= 0.3 is 0 Å². The molecule has 2 fully saturated rings. The van der Waals surface area contributed by atoms with Gasteiger partial charge < -0.3 is 16.0 Å². The zero-order valence-electron chi connectivity index (χ0n) is 12.0. The summed E-state index contributed by atoms with van der Waals surface area (Å²) in [5.74, 6) is 0.704. The number of hydrogen-bond donors (Lipinski definition) is 2. The summed E-state index contributed by atoms with van der Waals surface area (Å²) in [6.45, 7) is 4.14. The van der Waals surface area contributed by atoms with Crippen molar-refractivity contribution < 1.29 is 4.79 Å². The summed E-state index contributed by atoms with van der Waals surface area (Å²) < 4.78 is 0. The molecule has 1 aliphatic heterocycles. The maximum atomic E-state index is 12.1. The summed E-state index contributed by atoms with van der Waals surface area (Å²) in [4.78, 5) is 14.0. The number of likely N-dealkylation sites (tertiary alicyclic amines) is 1. The van der Waals surface area contributed by atoms with Gasteiger partial charge in [-0.25, -0.2) is 0 Å². The van der Waals surface area contributed by atoms with Gasteiger partial charge in [-0.2, -0.15) is 0 Å². The fourth-order valence-electron chi connectivity index (χ4n) is 3.13. The van der Waals surface area contributed by atoms with E-state index in [1.807, 2.05) is 11.0 Å². The molecular formula is C16H23N3O. The maximum Gasteiger partial charge on any atom is 0.236 e. The SMILES string of the molecule is C[C@]1(NCC(=O)N2CC[C@H](N)C2)C[C@@H]1c1ccccc1. The van der Waals surface area contributed by atoms with Crippen LogP contribution in [0.2, 0.25) is 0 Å². The molecule has 4 heteroatoms. The molecule has 1 saturated carbocycles. The Kier molecular flexibility index (Phi) is 3.52. The molecule has 3 rings (SSSR count). The lowest BCUT2D eigenvalue weighted by molar-refractivity contribution is -0.129. The van der Waals surface area contributed by atoms with Crippen LogP contribution in [-0.2, 0) is 4.79 Å². The Morgan fingerprint density at radius 3 is 2.85 bits per heavy atom. The molecule has 108 valence electrons. The van der Waals surface area contributed by atoms with Crippen LogP contribution in [-0.4, -0.2) is 42.0 Å². The molecule has 2 aliphatic rings. The molecule has 0 spiro atoms. The van der Waals surface area contributed by atoms with Crippen molar-refractivity contribution in [3.63, 3.8) is 0 Å². The zero-order valence-corrected chi connectivity index (χ0v) is 12.0. The van der Waals surface area contributed by atoms with Gasteiger partial charge in [0.05, 0.1) is 6.54 Å². The second-order valence-electron chi connectivity index (χ2n) is 6.33. The Balaban J connectivity index is 1.51. The number of amides is 1. The highest BCUT2D eigenvalue weighted by atomic mass is 16.2. The van der Waals surface area contributed by atoms with E-state index >= 15 is 0 Å². The van der Waals surface area contributed by atoms with Crippen molar-refractivity contribution >= 4 is 5.91 Å². The summed E-state index contributed by atoms with van der Waals surface area (Å²) in [6, 6.07) is 10.7. The summed E-state index contributed by atoms with van der Waals surface area (Å²) in [6.07, 6.45) is 2.03. The average molecular weight is 273 g/mol. The number of carbonyl (C=O) groups is 1. The summed E-state index contributed by atoms with van der Waals surface area (Å²) in [5, 5.41) is 3.44. The van der Waals surface area contributed by atoms with Gasteiger partial charge in [-0.15, -0.1) is 0 Å². The van der Waals surface area contributed by atoms with Crippen LogP contribution in [0.1, 0.15) is 31.2 Å². The van der Waals surface area contributed by atoms with E-state index in [-0.39, 0.29) is 17.5 Å². The lowest BCUT2D eigenvalue weighted by atomic mass is 10.1. The predicted octanol–water partition coefficient (Wildman–Crippen LogP) is 1.08. The van der Waals surface area contributed by atoms with E-state index in [2.05, 4.69) is 36.5 Å².